The Morgan fingerprint density at radius 3 is 2.64 bits per heavy atom. The van der Waals surface area contributed by atoms with E-state index in [1.807, 2.05) is 30.3 Å². The van der Waals surface area contributed by atoms with Gasteiger partial charge in [0.15, 0.2) is 0 Å². The van der Waals surface area contributed by atoms with Gasteiger partial charge < -0.3 is 20.3 Å². The van der Waals surface area contributed by atoms with Crippen molar-refractivity contribution in [1.29, 1.82) is 0 Å². The molecular weight excluding hydrogens is 318 g/mol. The zero-order valence-electron chi connectivity index (χ0n) is 14.1. The Hall–Kier alpha value is -2.86. The third-order valence-electron chi connectivity index (χ3n) is 4.11. The predicted octanol–water partition coefficient (Wildman–Crippen LogP) is 1.64. The number of hydrogen-bond acceptors (Lipinski definition) is 4. The molecule has 1 heterocycles. The molecule has 1 aliphatic heterocycles. The van der Waals surface area contributed by atoms with Gasteiger partial charge in [0.05, 0.1) is 0 Å². The van der Waals surface area contributed by atoms with Crippen LogP contribution in [-0.2, 0) is 4.79 Å². The standard InChI is InChI=1S/C19H21N3O3/c1-20-18(23)17-13-21-10-11-22(17)19(24)14-6-5-9-16(12-14)25-15-7-3-2-4-8-15/h2-9,12,17,21H,10-11,13H2,1H3,(H,20,23)/t17-/m0/s1. The fourth-order valence-electron chi connectivity index (χ4n) is 2.83. The van der Waals surface area contributed by atoms with Crippen molar-refractivity contribution in [3.63, 3.8) is 0 Å². The molecule has 0 aliphatic carbocycles. The van der Waals surface area contributed by atoms with E-state index in [4.69, 9.17) is 4.74 Å². The molecule has 6 heteroatoms. The molecule has 1 atom stereocenters. The lowest BCUT2D eigenvalue weighted by atomic mass is 10.1. The van der Waals surface area contributed by atoms with Gasteiger partial charge in [-0.15, -0.1) is 0 Å². The first kappa shape index (κ1) is 17.0. The maximum atomic E-state index is 12.9. The van der Waals surface area contributed by atoms with Gasteiger partial charge in [0.1, 0.15) is 17.5 Å². The van der Waals surface area contributed by atoms with Gasteiger partial charge in [-0.3, -0.25) is 9.59 Å². The topological polar surface area (TPSA) is 70.7 Å². The molecule has 0 aromatic heterocycles. The van der Waals surface area contributed by atoms with E-state index < -0.39 is 6.04 Å². The number of nitrogens with zero attached hydrogens (tertiary/aromatic N) is 1. The Morgan fingerprint density at radius 1 is 1.12 bits per heavy atom. The van der Waals surface area contributed by atoms with Gasteiger partial charge in [0.2, 0.25) is 5.91 Å². The zero-order chi connectivity index (χ0) is 17.6. The first-order chi connectivity index (χ1) is 12.2. The first-order valence-corrected chi connectivity index (χ1v) is 8.25. The number of hydrogen-bond donors (Lipinski definition) is 2. The van der Waals surface area contributed by atoms with E-state index in [1.165, 1.54) is 0 Å². The summed E-state index contributed by atoms with van der Waals surface area (Å²) in [4.78, 5) is 26.6. The Balaban J connectivity index is 1.79. The molecule has 2 amide bonds. The number of piperazine rings is 1. The van der Waals surface area contributed by atoms with E-state index in [2.05, 4.69) is 10.6 Å². The Morgan fingerprint density at radius 2 is 1.88 bits per heavy atom. The van der Waals surface area contributed by atoms with Crippen LogP contribution in [0.1, 0.15) is 10.4 Å². The molecule has 0 saturated carbocycles. The van der Waals surface area contributed by atoms with Crippen molar-refractivity contribution in [1.82, 2.24) is 15.5 Å². The molecule has 1 saturated heterocycles. The van der Waals surface area contributed by atoms with Crippen LogP contribution in [0.15, 0.2) is 54.6 Å². The molecule has 1 aliphatic rings. The molecule has 0 unspecified atom stereocenters. The molecule has 0 bridgehead atoms. The third kappa shape index (κ3) is 3.97. The average molecular weight is 339 g/mol. The summed E-state index contributed by atoms with van der Waals surface area (Å²) in [6, 6.07) is 15.9. The van der Waals surface area contributed by atoms with Crippen LogP contribution in [0, 0.1) is 0 Å². The normalized spacial score (nSPS) is 17.0. The highest BCUT2D eigenvalue weighted by atomic mass is 16.5. The highest BCUT2D eigenvalue weighted by molar-refractivity contribution is 5.98. The maximum Gasteiger partial charge on any atom is 0.254 e. The summed E-state index contributed by atoms with van der Waals surface area (Å²) in [6.45, 7) is 1.60. The number of para-hydroxylation sites is 1. The SMILES string of the molecule is CNC(=O)[C@@H]1CNCCN1C(=O)c1cccc(Oc2ccccc2)c1. The monoisotopic (exact) mass is 339 g/mol. The van der Waals surface area contributed by atoms with Gasteiger partial charge in [0.25, 0.3) is 5.91 Å². The molecule has 6 nitrogen and oxygen atoms in total. The van der Waals surface area contributed by atoms with E-state index in [-0.39, 0.29) is 11.8 Å². The number of amides is 2. The highest BCUT2D eigenvalue weighted by Crippen LogP contribution is 2.23. The molecule has 0 radical (unpaired) electrons. The van der Waals surface area contributed by atoms with Gasteiger partial charge in [-0.2, -0.15) is 0 Å². The number of ether oxygens (including phenoxy) is 1. The molecule has 3 rings (SSSR count). The Kier molecular flexibility index (Phi) is 5.30. The number of benzene rings is 2. The second-order valence-corrected chi connectivity index (χ2v) is 5.78. The lowest BCUT2D eigenvalue weighted by molar-refractivity contribution is -0.125. The Bertz CT molecular complexity index is 749. The average Bonchev–Trinajstić information content (AvgIpc) is 2.68. The number of carbonyl (C=O) groups is 2. The molecular formula is C19H21N3O3. The highest BCUT2D eigenvalue weighted by Gasteiger charge is 2.32. The molecule has 0 spiro atoms. The lowest BCUT2D eigenvalue weighted by Crippen LogP contribution is -2.59. The van der Waals surface area contributed by atoms with E-state index in [9.17, 15) is 9.59 Å². The minimum Gasteiger partial charge on any atom is -0.457 e. The fraction of sp³-hybridized carbons (Fsp3) is 0.263. The van der Waals surface area contributed by atoms with Crippen LogP contribution in [0.4, 0.5) is 0 Å². The van der Waals surface area contributed by atoms with Gasteiger partial charge in [0, 0.05) is 32.2 Å². The number of nitrogens with one attached hydrogen (secondary N) is 2. The van der Waals surface area contributed by atoms with E-state index in [0.29, 0.717) is 36.7 Å². The smallest absolute Gasteiger partial charge is 0.254 e. The maximum absolute atomic E-state index is 12.9. The second-order valence-electron chi connectivity index (χ2n) is 5.78. The number of carbonyl (C=O) groups excluding carboxylic acids is 2. The molecule has 25 heavy (non-hydrogen) atoms. The summed E-state index contributed by atoms with van der Waals surface area (Å²) in [5.41, 5.74) is 0.504. The molecule has 2 N–H and O–H groups in total. The van der Waals surface area contributed by atoms with E-state index >= 15 is 0 Å². The molecule has 1 fully saturated rings. The van der Waals surface area contributed by atoms with E-state index in [1.54, 1.807) is 36.2 Å². The van der Waals surface area contributed by atoms with Crippen LogP contribution in [-0.4, -0.2) is 49.4 Å². The van der Waals surface area contributed by atoms with Crippen molar-refractivity contribution >= 4 is 11.8 Å². The minimum absolute atomic E-state index is 0.169. The molecule has 2 aromatic carbocycles. The quantitative estimate of drug-likeness (QED) is 0.888. The van der Waals surface area contributed by atoms with Crippen LogP contribution in [0.5, 0.6) is 11.5 Å². The van der Waals surface area contributed by atoms with Crippen molar-refractivity contribution in [2.75, 3.05) is 26.7 Å². The van der Waals surface area contributed by atoms with Gasteiger partial charge >= 0.3 is 0 Å². The number of rotatable bonds is 4. The van der Waals surface area contributed by atoms with E-state index in [0.717, 1.165) is 0 Å². The fourth-order valence-corrected chi connectivity index (χ4v) is 2.83. The zero-order valence-corrected chi connectivity index (χ0v) is 14.1. The molecule has 130 valence electrons. The summed E-state index contributed by atoms with van der Waals surface area (Å²) in [7, 11) is 1.58. The summed E-state index contributed by atoms with van der Waals surface area (Å²) in [6.07, 6.45) is 0. The van der Waals surface area contributed by atoms with Crippen molar-refractivity contribution in [3.8, 4) is 11.5 Å². The lowest BCUT2D eigenvalue weighted by Gasteiger charge is -2.35. The second kappa shape index (κ2) is 7.81. The van der Waals surface area contributed by atoms with Crippen LogP contribution < -0.4 is 15.4 Å². The van der Waals surface area contributed by atoms with Gasteiger partial charge in [-0.05, 0) is 30.3 Å². The largest absolute Gasteiger partial charge is 0.457 e. The first-order valence-electron chi connectivity index (χ1n) is 8.25. The van der Waals surface area contributed by atoms with Gasteiger partial charge in [-0.1, -0.05) is 24.3 Å². The van der Waals surface area contributed by atoms with Crippen LogP contribution in [0.3, 0.4) is 0 Å². The Labute approximate surface area is 146 Å². The van der Waals surface area contributed by atoms with Crippen molar-refractivity contribution in [2.45, 2.75) is 6.04 Å². The summed E-state index contributed by atoms with van der Waals surface area (Å²) < 4.78 is 5.79. The minimum atomic E-state index is -0.509. The molecule has 2 aromatic rings. The van der Waals surface area contributed by atoms with Crippen molar-refractivity contribution in [3.05, 3.63) is 60.2 Å². The van der Waals surface area contributed by atoms with Crippen LogP contribution in [0.25, 0.3) is 0 Å². The number of likely N-dealkylation sites (N-methyl/N-ethyl adjacent to an activating group) is 1. The van der Waals surface area contributed by atoms with Gasteiger partial charge in [-0.25, -0.2) is 0 Å². The van der Waals surface area contributed by atoms with Crippen LogP contribution >= 0.6 is 0 Å². The van der Waals surface area contributed by atoms with Crippen molar-refractivity contribution < 1.29 is 14.3 Å². The summed E-state index contributed by atoms with van der Waals surface area (Å²) in [5, 5.41) is 5.77. The van der Waals surface area contributed by atoms with Crippen molar-refractivity contribution in [2.24, 2.45) is 0 Å². The summed E-state index contributed by atoms with van der Waals surface area (Å²) >= 11 is 0. The third-order valence-corrected chi connectivity index (χ3v) is 4.11. The summed E-state index contributed by atoms with van der Waals surface area (Å²) in [5.74, 6) is 0.951. The van der Waals surface area contributed by atoms with Crippen LogP contribution in [0.2, 0.25) is 0 Å². The predicted molar refractivity (Wildman–Crippen MR) is 94.7 cm³/mol.